The quantitative estimate of drug-likeness (QED) is 0.332. The SMILES string of the molecule is O=C(CN1C(=O)c2ccc([N+](=O)[O-])cc2C1=O)N=c1sccn1Cc1ccccc1Cl. The number of hydrogen-bond donors (Lipinski definition) is 0. The first-order valence-electron chi connectivity index (χ1n) is 8.94. The van der Waals surface area contributed by atoms with E-state index in [4.69, 9.17) is 11.6 Å². The van der Waals surface area contributed by atoms with Crippen LogP contribution in [0.5, 0.6) is 0 Å². The van der Waals surface area contributed by atoms with Crippen LogP contribution >= 0.6 is 22.9 Å². The van der Waals surface area contributed by atoms with Crippen molar-refractivity contribution in [3.8, 4) is 0 Å². The monoisotopic (exact) mass is 456 g/mol. The number of carbonyl (C=O) groups excluding carboxylic acids is 3. The molecule has 0 fully saturated rings. The number of carbonyl (C=O) groups is 3. The highest BCUT2D eigenvalue weighted by Gasteiger charge is 2.37. The second kappa shape index (κ2) is 8.25. The van der Waals surface area contributed by atoms with E-state index >= 15 is 0 Å². The Morgan fingerprint density at radius 3 is 2.61 bits per heavy atom. The molecule has 0 saturated carbocycles. The fraction of sp³-hybridized carbons (Fsp3) is 0.100. The summed E-state index contributed by atoms with van der Waals surface area (Å²) in [6.07, 6.45) is 1.75. The number of hydrogen-bond acceptors (Lipinski definition) is 6. The van der Waals surface area contributed by atoms with Gasteiger partial charge in [-0.1, -0.05) is 29.8 Å². The summed E-state index contributed by atoms with van der Waals surface area (Å²) in [6.45, 7) is -0.171. The topological polar surface area (TPSA) is 115 Å². The molecule has 31 heavy (non-hydrogen) atoms. The van der Waals surface area contributed by atoms with Crippen LogP contribution in [-0.2, 0) is 11.3 Å². The van der Waals surface area contributed by atoms with E-state index in [9.17, 15) is 24.5 Å². The number of benzene rings is 2. The first-order chi connectivity index (χ1) is 14.8. The van der Waals surface area contributed by atoms with Gasteiger partial charge in [-0.05, 0) is 17.7 Å². The van der Waals surface area contributed by atoms with Crippen molar-refractivity contribution >= 4 is 46.3 Å². The molecule has 1 aromatic heterocycles. The number of nitro groups is 1. The van der Waals surface area contributed by atoms with Gasteiger partial charge in [0.15, 0.2) is 4.80 Å². The first-order valence-corrected chi connectivity index (χ1v) is 10.2. The molecular formula is C20H13ClN4O5S. The second-order valence-corrected chi connectivity index (χ2v) is 7.87. The molecule has 0 aliphatic carbocycles. The van der Waals surface area contributed by atoms with Gasteiger partial charge in [-0.2, -0.15) is 4.99 Å². The van der Waals surface area contributed by atoms with Gasteiger partial charge in [0.2, 0.25) is 0 Å². The van der Waals surface area contributed by atoms with E-state index in [1.165, 1.54) is 17.4 Å². The number of amides is 3. The number of thiazole rings is 1. The highest BCUT2D eigenvalue weighted by atomic mass is 35.5. The molecule has 1 aliphatic heterocycles. The van der Waals surface area contributed by atoms with Crippen LogP contribution in [0.3, 0.4) is 0 Å². The average molecular weight is 457 g/mol. The largest absolute Gasteiger partial charge is 0.319 e. The zero-order valence-electron chi connectivity index (χ0n) is 15.7. The third kappa shape index (κ3) is 4.03. The number of nitro benzene ring substituents is 1. The van der Waals surface area contributed by atoms with Crippen LogP contribution in [0, 0.1) is 10.1 Å². The molecule has 0 N–H and O–H groups in total. The Morgan fingerprint density at radius 1 is 1.13 bits per heavy atom. The lowest BCUT2D eigenvalue weighted by molar-refractivity contribution is -0.384. The molecule has 1 aliphatic rings. The van der Waals surface area contributed by atoms with Crippen molar-refractivity contribution in [3.05, 3.63) is 90.7 Å². The summed E-state index contributed by atoms with van der Waals surface area (Å²) >= 11 is 7.41. The summed E-state index contributed by atoms with van der Waals surface area (Å²) in [7, 11) is 0. The number of halogens is 1. The Balaban J connectivity index is 1.55. The zero-order chi connectivity index (χ0) is 22.1. The molecule has 3 aromatic rings. The number of imide groups is 1. The molecule has 0 bridgehead atoms. The molecule has 0 spiro atoms. The second-order valence-electron chi connectivity index (χ2n) is 6.59. The van der Waals surface area contributed by atoms with Crippen molar-refractivity contribution in [2.24, 2.45) is 4.99 Å². The lowest BCUT2D eigenvalue weighted by Gasteiger charge is -2.10. The van der Waals surface area contributed by atoms with Gasteiger partial charge >= 0.3 is 0 Å². The van der Waals surface area contributed by atoms with Gasteiger partial charge in [0.1, 0.15) is 6.54 Å². The highest BCUT2D eigenvalue weighted by Crippen LogP contribution is 2.26. The van der Waals surface area contributed by atoms with Crippen LogP contribution in [0.25, 0.3) is 0 Å². The fourth-order valence-electron chi connectivity index (χ4n) is 3.13. The maximum Gasteiger partial charge on any atom is 0.270 e. The van der Waals surface area contributed by atoms with Crippen LogP contribution in [0.15, 0.2) is 59.0 Å². The third-order valence-electron chi connectivity index (χ3n) is 4.64. The van der Waals surface area contributed by atoms with Gasteiger partial charge in [-0.15, -0.1) is 11.3 Å². The van der Waals surface area contributed by atoms with E-state index in [1.54, 1.807) is 22.2 Å². The van der Waals surface area contributed by atoms with Crippen molar-refractivity contribution < 1.29 is 19.3 Å². The minimum absolute atomic E-state index is 0.0216. The summed E-state index contributed by atoms with van der Waals surface area (Å²) in [5.41, 5.74) is 0.459. The Morgan fingerprint density at radius 2 is 1.87 bits per heavy atom. The van der Waals surface area contributed by atoms with Gasteiger partial charge in [0, 0.05) is 28.7 Å². The fourth-order valence-corrected chi connectivity index (χ4v) is 4.07. The van der Waals surface area contributed by atoms with Crippen LogP contribution < -0.4 is 4.80 Å². The van der Waals surface area contributed by atoms with E-state index in [0.29, 0.717) is 16.4 Å². The minimum Gasteiger partial charge on any atom is -0.319 e. The average Bonchev–Trinajstić information content (AvgIpc) is 3.27. The number of non-ortho nitro benzene ring substituents is 1. The summed E-state index contributed by atoms with van der Waals surface area (Å²) < 4.78 is 1.73. The van der Waals surface area contributed by atoms with E-state index in [2.05, 4.69) is 4.99 Å². The zero-order valence-corrected chi connectivity index (χ0v) is 17.3. The predicted molar refractivity (Wildman–Crippen MR) is 112 cm³/mol. The molecule has 2 heterocycles. The van der Waals surface area contributed by atoms with Crippen LogP contribution in [-0.4, -0.2) is 38.7 Å². The Kier molecular flexibility index (Phi) is 5.49. The molecule has 0 unspecified atom stereocenters. The summed E-state index contributed by atoms with van der Waals surface area (Å²) in [5, 5.41) is 13.3. The molecule has 11 heteroatoms. The highest BCUT2D eigenvalue weighted by molar-refractivity contribution is 7.07. The summed E-state index contributed by atoms with van der Waals surface area (Å²) in [6, 6.07) is 10.7. The van der Waals surface area contributed by atoms with Crippen molar-refractivity contribution in [1.82, 2.24) is 9.47 Å². The number of rotatable bonds is 5. The normalized spacial score (nSPS) is 13.6. The van der Waals surface area contributed by atoms with E-state index in [1.807, 2.05) is 18.2 Å². The lowest BCUT2D eigenvalue weighted by Crippen LogP contribution is -2.35. The van der Waals surface area contributed by atoms with Crippen LogP contribution in [0.4, 0.5) is 5.69 Å². The molecule has 2 aromatic carbocycles. The number of fused-ring (bicyclic) bond motifs is 1. The Hall–Kier alpha value is -3.63. The molecule has 0 saturated heterocycles. The number of aromatic nitrogens is 1. The van der Waals surface area contributed by atoms with Crippen molar-refractivity contribution in [2.75, 3.05) is 6.54 Å². The van der Waals surface area contributed by atoms with Crippen molar-refractivity contribution in [1.29, 1.82) is 0 Å². The molecule has 4 rings (SSSR count). The van der Waals surface area contributed by atoms with Gasteiger partial charge in [-0.25, -0.2) is 0 Å². The molecule has 9 nitrogen and oxygen atoms in total. The standard InChI is InChI=1S/C20H13ClN4O5S/c21-16-4-2-1-3-12(16)10-23-7-8-31-20(23)22-17(26)11-24-18(27)14-6-5-13(25(29)30)9-15(14)19(24)28/h1-9H,10-11H2. The molecular weight excluding hydrogens is 444 g/mol. The summed E-state index contributed by atoms with van der Waals surface area (Å²) in [4.78, 5) is 53.0. The van der Waals surface area contributed by atoms with Crippen molar-refractivity contribution in [3.63, 3.8) is 0 Å². The maximum atomic E-state index is 12.5. The summed E-state index contributed by atoms with van der Waals surface area (Å²) in [5.74, 6) is -2.14. The van der Waals surface area contributed by atoms with Gasteiger partial charge < -0.3 is 4.57 Å². The molecule has 3 amide bonds. The molecule has 156 valence electrons. The predicted octanol–water partition coefficient (Wildman–Crippen LogP) is 2.88. The van der Waals surface area contributed by atoms with E-state index < -0.39 is 29.2 Å². The molecule has 0 radical (unpaired) electrons. The smallest absolute Gasteiger partial charge is 0.270 e. The van der Waals surface area contributed by atoms with E-state index in [0.717, 1.165) is 22.6 Å². The van der Waals surface area contributed by atoms with Gasteiger partial charge in [-0.3, -0.25) is 29.4 Å². The van der Waals surface area contributed by atoms with E-state index in [-0.39, 0.29) is 16.8 Å². The van der Waals surface area contributed by atoms with Gasteiger partial charge in [0.25, 0.3) is 23.4 Å². The molecule has 0 atom stereocenters. The first kappa shape index (κ1) is 20.6. The van der Waals surface area contributed by atoms with Crippen molar-refractivity contribution in [2.45, 2.75) is 6.54 Å². The van der Waals surface area contributed by atoms with Gasteiger partial charge in [0.05, 0.1) is 22.6 Å². The van der Waals surface area contributed by atoms with Crippen LogP contribution in [0.2, 0.25) is 5.02 Å². The number of nitrogens with zero attached hydrogens (tertiary/aromatic N) is 4. The third-order valence-corrected chi connectivity index (χ3v) is 5.80. The maximum absolute atomic E-state index is 12.5. The lowest BCUT2D eigenvalue weighted by atomic mass is 10.1. The van der Waals surface area contributed by atoms with Crippen LogP contribution in [0.1, 0.15) is 26.3 Å². The minimum atomic E-state index is -0.762. The Labute approximate surface area is 184 Å². The Bertz CT molecular complexity index is 1310.